The van der Waals surface area contributed by atoms with E-state index in [1.807, 2.05) is 17.9 Å². The van der Waals surface area contributed by atoms with Gasteiger partial charge in [-0.1, -0.05) is 6.92 Å². The topological polar surface area (TPSA) is 78.6 Å². The molecular weight excluding hydrogens is 270 g/mol. The van der Waals surface area contributed by atoms with Gasteiger partial charge >= 0.3 is 0 Å². The van der Waals surface area contributed by atoms with Gasteiger partial charge in [-0.3, -0.25) is 14.4 Å². The zero-order chi connectivity index (χ0) is 15.5. The number of fused-ring (bicyclic) bond motifs is 2. The average molecular weight is 295 g/mol. The summed E-state index contributed by atoms with van der Waals surface area (Å²) in [6, 6.07) is 1.24. The molecule has 1 aromatic rings. The number of aryl methyl sites for hydroxylation is 1. The number of nitrogens with zero attached hydrogens (tertiary/aromatic N) is 3. The second-order valence-electron chi connectivity index (χ2n) is 6.13. The minimum atomic E-state index is -0.250. The molecule has 1 aromatic heterocycles. The minimum absolute atomic E-state index is 0.158. The van der Waals surface area contributed by atoms with Crippen molar-refractivity contribution >= 4 is 6.47 Å². The van der Waals surface area contributed by atoms with Crippen LogP contribution in [-0.2, 0) is 18.4 Å². The molecular formula is C15H25N3O3. The van der Waals surface area contributed by atoms with Crippen LogP contribution in [0.25, 0.3) is 0 Å². The molecule has 21 heavy (non-hydrogen) atoms. The first-order valence-corrected chi connectivity index (χ1v) is 7.52. The van der Waals surface area contributed by atoms with Gasteiger partial charge in [0.2, 0.25) is 0 Å². The van der Waals surface area contributed by atoms with Crippen LogP contribution < -0.4 is 0 Å². The molecule has 2 N–H and O–H groups in total. The number of hydrogen-bond acceptors (Lipinski definition) is 4. The summed E-state index contributed by atoms with van der Waals surface area (Å²) in [5.74, 6) is 0. The monoisotopic (exact) mass is 295 g/mol. The lowest BCUT2D eigenvalue weighted by Crippen LogP contribution is -2.39. The standard InChI is InChI=1S/C14H23N3O.CH2O2/c1-3-14(10-18)6-12-4-5-13(14)17(12)9-11-7-15-16(2)8-11;2-1-3/h7-8,12-13,18H,3-6,9-10H2,1-2H3;1H,(H,2,3)/t12-,13+,14-;/m1./s1. The number of aliphatic hydroxyl groups excluding tert-OH is 1. The molecule has 2 fully saturated rings. The molecule has 3 atom stereocenters. The van der Waals surface area contributed by atoms with E-state index < -0.39 is 0 Å². The molecule has 2 aliphatic heterocycles. The highest BCUT2D eigenvalue weighted by atomic mass is 16.3. The van der Waals surface area contributed by atoms with Gasteiger partial charge in [-0.2, -0.15) is 5.10 Å². The first-order chi connectivity index (χ1) is 10.1. The Morgan fingerprint density at radius 3 is 2.71 bits per heavy atom. The molecule has 6 heteroatoms. The maximum atomic E-state index is 9.78. The van der Waals surface area contributed by atoms with Gasteiger partial charge in [0, 0.05) is 42.9 Å². The van der Waals surface area contributed by atoms with Crippen molar-refractivity contribution in [2.45, 2.75) is 51.2 Å². The molecule has 0 spiro atoms. The minimum Gasteiger partial charge on any atom is -0.483 e. The Balaban J connectivity index is 0.000000497. The molecule has 6 nitrogen and oxygen atoms in total. The third-order valence-corrected chi connectivity index (χ3v) is 5.13. The number of hydrogen-bond donors (Lipinski definition) is 2. The van der Waals surface area contributed by atoms with Crippen molar-refractivity contribution in [3.8, 4) is 0 Å². The molecule has 2 bridgehead atoms. The summed E-state index contributed by atoms with van der Waals surface area (Å²) < 4.78 is 1.87. The van der Waals surface area contributed by atoms with Crippen LogP contribution in [-0.4, -0.2) is 50.1 Å². The Labute approximate surface area is 125 Å². The van der Waals surface area contributed by atoms with Crippen LogP contribution in [0.5, 0.6) is 0 Å². The van der Waals surface area contributed by atoms with E-state index in [0.29, 0.717) is 18.7 Å². The summed E-state index contributed by atoms with van der Waals surface area (Å²) in [4.78, 5) is 11.0. The Morgan fingerprint density at radius 1 is 1.52 bits per heavy atom. The summed E-state index contributed by atoms with van der Waals surface area (Å²) in [7, 11) is 1.96. The largest absolute Gasteiger partial charge is 0.483 e. The molecule has 0 amide bonds. The number of carboxylic acid groups (broad SMARTS) is 1. The quantitative estimate of drug-likeness (QED) is 0.817. The smallest absolute Gasteiger partial charge is 0.290 e. The van der Waals surface area contributed by atoms with Crippen molar-refractivity contribution in [2.24, 2.45) is 12.5 Å². The average Bonchev–Trinajstić information content (AvgIpc) is 3.14. The van der Waals surface area contributed by atoms with Crippen molar-refractivity contribution in [3.63, 3.8) is 0 Å². The van der Waals surface area contributed by atoms with E-state index in [0.717, 1.165) is 13.0 Å². The Kier molecular flexibility index (Phi) is 5.00. The molecule has 2 aliphatic rings. The van der Waals surface area contributed by atoms with Gasteiger partial charge in [0.15, 0.2) is 0 Å². The lowest BCUT2D eigenvalue weighted by atomic mass is 9.72. The number of rotatable bonds is 4. The van der Waals surface area contributed by atoms with Gasteiger partial charge in [-0.05, 0) is 25.7 Å². The van der Waals surface area contributed by atoms with Crippen molar-refractivity contribution < 1.29 is 15.0 Å². The third kappa shape index (κ3) is 2.96. The first-order valence-electron chi connectivity index (χ1n) is 7.52. The van der Waals surface area contributed by atoms with Gasteiger partial charge in [0.05, 0.1) is 12.8 Å². The van der Waals surface area contributed by atoms with E-state index in [4.69, 9.17) is 9.90 Å². The zero-order valence-corrected chi connectivity index (χ0v) is 12.8. The normalized spacial score (nSPS) is 31.0. The summed E-state index contributed by atoms with van der Waals surface area (Å²) in [6.07, 6.45) is 8.87. The lowest BCUT2D eigenvalue weighted by Gasteiger charge is -2.35. The van der Waals surface area contributed by atoms with Gasteiger partial charge in [-0.25, -0.2) is 0 Å². The SMILES string of the molecule is CC[C@]1(CO)C[C@H]2CC[C@@H]1N2Cc1cnn(C)c1.O=CO. The predicted octanol–water partition coefficient (Wildman–Crippen LogP) is 1.25. The van der Waals surface area contributed by atoms with E-state index in [2.05, 4.69) is 23.1 Å². The van der Waals surface area contributed by atoms with Crippen molar-refractivity contribution in [1.82, 2.24) is 14.7 Å². The number of carbonyl (C=O) groups is 1. The third-order valence-electron chi connectivity index (χ3n) is 5.13. The molecule has 0 aromatic carbocycles. The van der Waals surface area contributed by atoms with E-state index in [-0.39, 0.29) is 11.9 Å². The van der Waals surface area contributed by atoms with Crippen LogP contribution in [0, 0.1) is 5.41 Å². The van der Waals surface area contributed by atoms with E-state index in [1.165, 1.54) is 24.8 Å². The molecule has 0 radical (unpaired) electrons. The molecule has 3 heterocycles. The Morgan fingerprint density at radius 2 is 2.24 bits per heavy atom. The first kappa shape index (κ1) is 16.0. The van der Waals surface area contributed by atoms with Crippen LogP contribution >= 0.6 is 0 Å². The summed E-state index contributed by atoms with van der Waals surface area (Å²) in [5, 5.41) is 20.9. The Hall–Kier alpha value is -1.40. The second-order valence-corrected chi connectivity index (χ2v) is 6.13. The predicted molar refractivity (Wildman–Crippen MR) is 78.7 cm³/mol. The van der Waals surface area contributed by atoms with Crippen LogP contribution in [0.15, 0.2) is 12.4 Å². The van der Waals surface area contributed by atoms with Crippen LogP contribution in [0.4, 0.5) is 0 Å². The second kappa shape index (κ2) is 6.58. The number of aliphatic hydroxyl groups is 1. The van der Waals surface area contributed by atoms with Crippen molar-refractivity contribution in [2.75, 3.05) is 6.61 Å². The fourth-order valence-corrected chi connectivity index (χ4v) is 4.08. The maximum Gasteiger partial charge on any atom is 0.290 e. The zero-order valence-electron chi connectivity index (χ0n) is 12.8. The molecule has 2 saturated heterocycles. The molecule has 118 valence electrons. The highest BCUT2D eigenvalue weighted by molar-refractivity contribution is 5.32. The van der Waals surface area contributed by atoms with Crippen LogP contribution in [0.1, 0.15) is 38.2 Å². The Bertz CT molecular complexity index is 470. The van der Waals surface area contributed by atoms with Gasteiger partial charge in [0.25, 0.3) is 6.47 Å². The van der Waals surface area contributed by atoms with E-state index >= 15 is 0 Å². The fourth-order valence-electron chi connectivity index (χ4n) is 4.08. The molecule has 0 aliphatic carbocycles. The van der Waals surface area contributed by atoms with E-state index in [1.54, 1.807) is 0 Å². The highest BCUT2D eigenvalue weighted by Crippen LogP contribution is 2.51. The highest BCUT2D eigenvalue weighted by Gasteiger charge is 2.54. The van der Waals surface area contributed by atoms with Gasteiger partial charge in [0.1, 0.15) is 0 Å². The summed E-state index contributed by atoms with van der Waals surface area (Å²) >= 11 is 0. The van der Waals surface area contributed by atoms with Crippen molar-refractivity contribution in [3.05, 3.63) is 18.0 Å². The van der Waals surface area contributed by atoms with Crippen molar-refractivity contribution in [1.29, 1.82) is 0 Å². The van der Waals surface area contributed by atoms with Gasteiger partial charge in [-0.15, -0.1) is 0 Å². The van der Waals surface area contributed by atoms with E-state index in [9.17, 15) is 5.11 Å². The molecule has 3 rings (SSSR count). The molecule has 0 unspecified atom stereocenters. The molecule has 0 saturated carbocycles. The number of aromatic nitrogens is 2. The maximum absolute atomic E-state index is 9.78. The summed E-state index contributed by atoms with van der Waals surface area (Å²) in [5.41, 5.74) is 1.45. The van der Waals surface area contributed by atoms with Gasteiger partial charge < -0.3 is 10.2 Å². The summed E-state index contributed by atoms with van der Waals surface area (Å²) in [6.45, 7) is 3.30. The fraction of sp³-hybridized carbons (Fsp3) is 0.733. The lowest BCUT2D eigenvalue weighted by molar-refractivity contribution is -0.122. The van der Waals surface area contributed by atoms with Crippen LogP contribution in [0.3, 0.4) is 0 Å². The van der Waals surface area contributed by atoms with Crippen LogP contribution in [0.2, 0.25) is 0 Å².